The number of amides is 3. The third-order valence-corrected chi connectivity index (χ3v) is 5.59. The van der Waals surface area contributed by atoms with Crippen molar-refractivity contribution in [1.82, 2.24) is 15.5 Å². The van der Waals surface area contributed by atoms with E-state index in [1.165, 1.54) is 10.5 Å². The Bertz CT molecular complexity index is 597. The number of hydrogen-bond donors (Lipinski definition) is 2. The van der Waals surface area contributed by atoms with Crippen molar-refractivity contribution in [3.8, 4) is 0 Å². The molecule has 0 fully saturated rings. The first-order chi connectivity index (χ1) is 11.5. The maximum absolute atomic E-state index is 12.1. The number of carbonyl (C=O) groups is 2. The van der Waals surface area contributed by atoms with Crippen LogP contribution in [0, 0.1) is 0 Å². The molecule has 2 rings (SSSR count). The summed E-state index contributed by atoms with van der Waals surface area (Å²) in [5, 5.41) is 5.09. The molecule has 0 bridgehead atoms. The minimum atomic E-state index is -0.413. The highest BCUT2D eigenvalue weighted by atomic mass is 79.9. The van der Waals surface area contributed by atoms with Crippen LogP contribution in [0.5, 0.6) is 0 Å². The van der Waals surface area contributed by atoms with Gasteiger partial charge in [0.1, 0.15) is 0 Å². The van der Waals surface area contributed by atoms with Gasteiger partial charge >= 0.3 is 6.03 Å². The SMILES string of the molecule is CCCCNC(=O)NC(=O)CN(C)C1CCSc2ccc(Br)cc21. The fraction of sp³-hybridized carbons (Fsp3) is 0.529. The Morgan fingerprint density at radius 3 is 2.96 bits per heavy atom. The molecule has 2 N–H and O–H groups in total. The second-order valence-electron chi connectivity index (χ2n) is 5.91. The van der Waals surface area contributed by atoms with Crippen LogP contribution in [0.4, 0.5) is 4.79 Å². The Morgan fingerprint density at radius 2 is 2.21 bits per heavy atom. The number of urea groups is 1. The van der Waals surface area contributed by atoms with Crippen LogP contribution < -0.4 is 10.6 Å². The number of likely N-dealkylation sites (N-methyl/N-ethyl adjacent to an activating group) is 1. The molecule has 0 saturated carbocycles. The van der Waals surface area contributed by atoms with E-state index in [2.05, 4.69) is 45.6 Å². The Hall–Kier alpha value is -1.05. The van der Waals surface area contributed by atoms with Gasteiger partial charge in [0, 0.05) is 22.0 Å². The lowest BCUT2D eigenvalue weighted by Gasteiger charge is -2.32. The van der Waals surface area contributed by atoms with Crippen molar-refractivity contribution in [2.45, 2.75) is 37.1 Å². The Kier molecular flexibility index (Phi) is 7.58. The first-order valence-electron chi connectivity index (χ1n) is 8.21. The van der Waals surface area contributed by atoms with Crippen LogP contribution in [-0.2, 0) is 4.79 Å². The predicted octanol–water partition coefficient (Wildman–Crippen LogP) is 3.54. The van der Waals surface area contributed by atoms with E-state index in [0.717, 1.165) is 29.5 Å². The number of fused-ring (bicyclic) bond motifs is 1. The van der Waals surface area contributed by atoms with E-state index in [1.54, 1.807) is 0 Å². The van der Waals surface area contributed by atoms with Crippen molar-refractivity contribution in [2.75, 3.05) is 25.9 Å². The molecule has 0 saturated heterocycles. The molecule has 5 nitrogen and oxygen atoms in total. The zero-order chi connectivity index (χ0) is 17.5. The van der Waals surface area contributed by atoms with Gasteiger partial charge in [-0.1, -0.05) is 29.3 Å². The smallest absolute Gasteiger partial charge is 0.321 e. The number of benzene rings is 1. The van der Waals surface area contributed by atoms with E-state index < -0.39 is 6.03 Å². The molecule has 1 unspecified atom stereocenters. The molecule has 0 radical (unpaired) electrons. The third kappa shape index (κ3) is 5.50. The molecule has 1 aromatic rings. The zero-order valence-electron chi connectivity index (χ0n) is 14.1. The van der Waals surface area contributed by atoms with Crippen molar-refractivity contribution < 1.29 is 9.59 Å². The van der Waals surface area contributed by atoms with Gasteiger partial charge in [0.15, 0.2) is 0 Å². The number of thioether (sulfide) groups is 1. The van der Waals surface area contributed by atoms with Crippen LogP contribution in [0.2, 0.25) is 0 Å². The fourth-order valence-corrected chi connectivity index (χ4v) is 4.20. The zero-order valence-corrected chi connectivity index (χ0v) is 16.5. The summed E-state index contributed by atoms with van der Waals surface area (Å²) >= 11 is 5.37. The van der Waals surface area contributed by atoms with Gasteiger partial charge in [-0.3, -0.25) is 15.0 Å². The first-order valence-corrected chi connectivity index (χ1v) is 9.99. The van der Waals surface area contributed by atoms with Crippen molar-refractivity contribution in [2.24, 2.45) is 0 Å². The summed E-state index contributed by atoms with van der Waals surface area (Å²) in [4.78, 5) is 27.0. The molecule has 7 heteroatoms. The van der Waals surface area contributed by atoms with Gasteiger partial charge in [-0.2, -0.15) is 0 Å². The van der Waals surface area contributed by atoms with E-state index in [4.69, 9.17) is 0 Å². The standard InChI is InChI=1S/C17H24BrN3O2S/c1-3-4-8-19-17(23)20-16(22)11-21(2)14-7-9-24-15-6-5-12(18)10-13(14)15/h5-6,10,14H,3-4,7-9,11H2,1-2H3,(H2,19,20,22,23). The maximum Gasteiger partial charge on any atom is 0.321 e. The van der Waals surface area contributed by atoms with E-state index in [-0.39, 0.29) is 18.5 Å². The molecular weight excluding hydrogens is 390 g/mol. The van der Waals surface area contributed by atoms with E-state index in [0.29, 0.717) is 6.54 Å². The summed E-state index contributed by atoms with van der Waals surface area (Å²) in [6.45, 7) is 2.84. The topological polar surface area (TPSA) is 61.4 Å². The van der Waals surface area contributed by atoms with Crippen LogP contribution in [0.1, 0.15) is 37.8 Å². The van der Waals surface area contributed by atoms with Crippen LogP contribution in [0.3, 0.4) is 0 Å². The number of imide groups is 1. The second-order valence-corrected chi connectivity index (χ2v) is 7.96. The number of carbonyl (C=O) groups excluding carboxylic acids is 2. The molecule has 1 aromatic carbocycles. The van der Waals surface area contributed by atoms with Crippen molar-refractivity contribution in [1.29, 1.82) is 0 Å². The Morgan fingerprint density at radius 1 is 1.42 bits per heavy atom. The number of hydrogen-bond acceptors (Lipinski definition) is 4. The summed E-state index contributed by atoms with van der Waals surface area (Å²) in [7, 11) is 1.93. The summed E-state index contributed by atoms with van der Waals surface area (Å²) in [6, 6.07) is 6.06. The van der Waals surface area contributed by atoms with E-state index >= 15 is 0 Å². The van der Waals surface area contributed by atoms with Crippen LogP contribution in [0.25, 0.3) is 0 Å². The summed E-state index contributed by atoms with van der Waals surface area (Å²) < 4.78 is 1.04. The molecule has 24 heavy (non-hydrogen) atoms. The summed E-state index contributed by atoms with van der Waals surface area (Å²) in [5.41, 5.74) is 1.24. The lowest BCUT2D eigenvalue weighted by molar-refractivity contribution is -0.121. The maximum atomic E-state index is 12.1. The third-order valence-electron chi connectivity index (χ3n) is 3.97. The normalized spacial score (nSPS) is 16.6. The van der Waals surface area contributed by atoms with E-state index in [9.17, 15) is 9.59 Å². The van der Waals surface area contributed by atoms with Crippen LogP contribution in [0.15, 0.2) is 27.6 Å². The molecule has 3 amide bonds. The average Bonchev–Trinajstić information content (AvgIpc) is 2.54. The molecule has 0 aromatic heterocycles. The number of halogens is 1. The van der Waals surface area contributed by atoms with Crippen molar-refractivity contribution in [3.63, 3.8) is 0 Å². The van der Waals surface area contributed by atoms with Gasteiger partial charge in [-0.05, 0) is 49.4 Å². The summed E-state index contributed by atoms with van der Waals surface area (Å²) in [5.74, 6) is 0.754. The van der Waals surface area contributed by atoms with E-state index in [1.807, 2.05) is 29.8 Å². The van der Waals surface area contributed by atoms with Crippen LogP contribution in [-0.4, -0.2) is 42.7 Å². The lowest BCUT2D eigenvalue weighted by Crippen LogP contribution is -2.44. The number of unbranched alkanes of at least 4 members (excludes halogenated alkanes) is 1. The highest BCUT2D eigenvalue weighted by molar-refractivity contribution is 9.10. The molecule has 1 aliphatic heterocycles. The number of rotatable bonds is 6. The fourth-order valence-electron chi connectivity index (χ4n) is 2.73. The van der Waals surface area contributed by atoms with Gasteiger partial charge in [-0.15, -0.1) is 11.8 Å². The minimum Gasteiger partial charge on any atom is -0.338 e. The molecule has 1 atom stereocenters. The van der Waals surface area contributed by atoms with Gasteiger partial charge < -0.3 is 5.32 Å². The molecule has 1 aliphatic rings. The Balaban J connectivity index is 1.91. The second kappa shape index (κ2) is 9.44. The quantitative estimate of drug-likeness (QED) is 0.699. The number of nitrogens with one attached hydrogen (secondary N) is 2. The van der Waals surface area contributed by atoms with Gasteiger partial charge in [-0.25, -0.2) is 4.79 Å². The predicted molar refractivity (Wildman–Crippen MR) is 101 cm³/mol. The molecule has 0 spiro atoms. The molecule has 0 aliphatic carbocycles. The lowest BCUT2D eigenvalue weighted by atomic mass is 10.0. The number of nitrogens with zero attached hydrogens (tertiary/aromatic N) is 1. The highest BCUT2D eigenvalue weighted by Gasteiger charge is 2.26. The van der Waals surface area contributed by atoms with Crippen molar-refractivity contribution in [3.05, 3.63) is 28.2 Å². The monoisotopic (exact) mass is 413 g/mol. The molecular formula is C17H24BrN3O2S. The van der Waals surface area contributed by atoms with Gasteiger partial charge in [0.25, 0.3) is 0 Å². The van der Waals surface area contributed by atoms with Gasteiger partial charge in [0.2, 0.25) is 5.91 Å². The van der Waals surface area contributed by atoms with Crippen molar-refractivity contribution >= 4 is 39.6 Å². The molecule has 1 heterocycles. The average molecular weight is 414 g/mol. The minimum absolute atomic E-state index is 0.188. The highest BCUT2D eigenvalue weighted by Crippen LogP contribution is 2.39. The molecule has 132 valence electrons. The largest absolute Gasteiger partial charge is 0.338 e. The van der Waals surface area contributed by atoms with Crippen LogP contribution >= 0.6 is 27.7 Å². The van der Waals surface area contributed by atoms with Gasteiger partial charge in [0.05, 0.1) is 6.54 Å². The first kappa shape index (κ1) is 19.3. The Labute approximate surface area is 156 Å². The summed E-state index contributed by atoms with van der Waals surface area (Å²) in [6.07, 6.45) is 2.90.